The van der Waals surface area contributed by atoms with E-state index in [1.54, 1.807) is 0 Å². The molecule has 0 aliphatic carbocycles. The Morgan fingerprint density at radius 3 is 2.48 bits per heavy atom. The fraction of sp³-hybridized carbons (Fsp3) is 0.350. The zero-order valence-corrected chi connectivity index (χ0v) is 14.7. The lowest BCUT2D eigenvalue weighted by Crippen LogP contribution is -2.37. The number of benzene rings is 2. The molecule has 25 heavy (non-hydrogen) atoms. The highest BCUT2D eigenvalue weighted by molar-refractivity contribution is 5.95. The third kappa shape index (κ3) is 4.31. The number of morpholine rings is 1. The van der Waals surface area contributed by atoms with E-state index >= 15 is 0 Å². The second-order valence-electron chi connectivity index (χ2n) is 6.17. The van der Waals surface area contributed by atoms with Crippen molar-refractivity contribution in [2.24, 2.45) is 0 Å². The molecule has 0 saturated carbocycles. The first kappa shape index (κ1) is 17.3. The molecule has 0 spiro atoms. The van der Waals surface area contributed by atoms with Gasteiger partial charge < -0.3 is 19.7 Å². The van der Waals surface area contributed by atoms with E-state index < -0.39 is 0 Å². The van der Waals surface area contributed by atoms with Crippen LogP contribution in [0.25, 0.3) is 0 Å². The van der Waals surface area contributed by atoms with Crippen LogP contribution in [0.1, 0.15) is 11.1 Å². The summed E-state index contributed by atoms with van der Waals surface area (Å²) in [6.45, 7) is 7.01. The topological polar surface area (TPSA) is 50.8 Å². The van der Waals surface area contributed by atoms with Crippen molar-refractivity contribution in [3.05, 3.63) is 53.6 Å². The molecule has 5 heteroatoms. The third-order valence-corrected chi connectivity index (χ3v) is 4.29. The monoisotopic (exact) mass is 340 g/mol. The van der Waals surface area contributed by atoms with Gasteiger partial charge in [-0.05, 0) is 37.1 Å². The molecule has 0 radical (unpaired) electrons. The minimum absolute atomic E-state index is 0.0108. The van der Waals surface area contributed by atoms with Crippen LogP contribution < -0.4 is 15.0 Å². The highest BCUT2D eigenvalue weighted by Gasteiger charge is 2.16. The molecule has 1 fully saturated rings. The minimum atomic E-state index is -0.164. The average molecular weight is 340 g/mol. The number of ether oxygens (including phenoxy) is 2. The molecular weight excluding hydrogens is 316 g/mol. The van der Waals surface area contributed by atoms with E-state index in [9.17, 15) is 4.79 Å². The second-order valence-corrected chi connectivity index (χ2v) is 6.17. The molecule has 1 amide bonds. The maximum Gasteiger partial charge on any atom is 0.262 e. The zero-order valence-electron chi connectivity index (χ0n) is 14.7. The molecule has 3 rings (SSSR count). The van der Waals surface area contributed by atoms with Crippen LogP contribution in [0.2, 0.25) is 0 Å². The smallest absolute Gasteiger partial charge is 0.262 e. The van der Waals surface area contributed by atoms with E-state index in [-0.39, 0.29) is 12.5 Å². The summed E-state index contributed by atoms with van der Waals surface area (Å²) in [4.78, 5) is 14.6. The molecule has 1 heterocycles. The summed E-state index contributed by atoms with van der Waals surface area (Å²) in [6.07, 6.45) is 0. The number of nitrogens with zero attached hydrogens (tertiary/aromatic N) is 1. The molecule has 132 valence electrons. The Balaban J connectivity index is 1.65. The van der Waals surface area contributed by atoms with Crippen LogP contribution in [0, 0.1) is 13.8 Å². The molecule has 2 aromatic rings. The Kier molecular flexibility index (Phi) is 5.56. The van der Waals surface area contributed by atoms with Crippen molar-refractivity contribution in [2.45, 2.75) is 13.8 Å². The molecular formula is C20H24N2O3. The van der Waals surface area contributed by atoms with Crippen molar-refractivity contribution >= 4 is 17.3 Å². The Morgan fingerprint density at radius 2 is 1.76 bits per heavy atom. The van der Waals surface area contributed by atoms with E-state index in [1.807, 2.05) is 56.3 Å². The number of carbonyl (C=O) groups excluding carboxylic acids is 1. The Bertz CT molecular complexity index is 719. The van der Waals surface area contributed by atoms with Crippen molar-refractivity contribution in [1.82, 2.24) is 0 Å². The van der Waals surface area contributed by atoms with Crippen LogP contribution >= 0.6 is 0 Å². The van der Waals surface area contributed by atoms with Crippen molar-refractivity contribution in [3.8, 4) is 5.75 Å². The molecule has 0 aromatic heterocycles. The molecule has 0 bridgehead atoms. The highest BCUT2D eigenvalue weighted by atomic mass is 16.5. The third-order valence-electron chi connectivity index (χ3n) is 4.29. The predicted molar refractivity (Wildman–Crippen MR) is 99.5 cm³/mol. The lowest BCUT2D eigenvalue weighted by Gasteiger charge is -2.30. The number of rotatable bonds is 5. The summed E-state index contributed by atoms with van der Waals surface area (Å²) in [5, 5.41) is 2.97. The number of nitrogens with one attached hydrogen (secondary N) is 1. The lowest BCUT2D eigenvalue weighted by molar-refractivity contribution is -0.118. The minimum Gasteiger partial charge on any atom is -0.483 e. The molecule has 0 atom stereocenters. The number of hydrogen-bond acceptors (Lipinski definition) is 4. The van der Waals surface area contributed by atoms with E-state index in [2.05, 4.69) is 10.2 Å². The maximum atomic E-state index is 12.4. The normalized spacial score (nSPS) is 14.2. The van der Waals surface area contributed by atoms with Gasteiger partial charge in [0.1, 0.15) is 5.75 Å². The predicted octanol–water partition coefficient (Wildman–Crippen LogP) is 3.16. The zero-order chi connectivity index (χ0) is 17.6. The van der Waals surface area contributed by atoms with Gasteiger partial charge in [0, 0.05) is 13.1 Å². The van der Waals surface area contributed by atoms with E-state index in [0.29, 0.717) is 13.2 Å². The van der Waals surface area contributed by atoms with Gasteiger partial charge in [0.25, 0.3) is 5.91 Å². The van der Waals surface area contributed by atoms with Gasteiger partial charge in [-0.3, -0.25) is 4.79 Å². The van der Waals surface area contributed by atoms with Gasteiger partial charge in [0.2, 0.25) is 0 Å². The number of para-hydroxylation sites is 3. The van der Waals surface area contributed by atoms with Gasteiger partial charge in [-0.15, -0.1) is 0 Å². The number of carbonyl (C=O) groups is 1. The van der Waals surface area contributed by atoms with Gasteiger partial charge in [-0.2, -0.15) is 0 Å². The number of hydrogen-bond donors (Lipinski definition) is 1. The average Bonchev–Trinajstić information content (AvgIpc) is 2.62. The van der Waals surface area contributed by atoms with Gasteiger partial charge in [0.15, 0.2) is 6.61 Å². The molecule has 5 nitrogen and oxygen atoms in total. The fourth-order valence-corrected chi connectivity index (χ4v) is 3.01. The number of aryl methyl sites for hydroxylation is 2. The summed E-state index contributed by atoms with van der Waals surface area (Å²) in [6, 6.07) is 13.8. The van der Waals surface area contributed by atoms with Crippen LogP contribution in [0.5, 0.6) is 5.75 Å². The Morgan fingerprint density at radius 1 is 1.08 bits per heavy atom. The number of amides is 1. The summed E-state index contributed by atoms with van der Waals surface area (Å²) in [5.74, 6) is 0.613. The summed E-state index contributed by atoms with van der Waals surface area (Å²) in [7, 11) is 0. The summed E-state index contributed by atoms with van der Waals surface area (Å²) >= 11 is 0. The van der Waals surface area contributed by atoms with Crippen molar-refractivity contribution in [1.29, 1.82) is 0 Å². The van der Waals surface area contributed by atoms with Crippen LogP contribution in [-0.4, -0.2) is 38.8 Å². The van der Waals surface area contributed by atoms with E-state index in [0.717, 1.165) is 41.3 Å². The molecule has 1 saturated heterocycles. The van der Waals surface area contributed by atoms with E-state index in [1.165, 1.54) is 0 Å². The molecule has 2 aromatic carbocycles. The SMILES string of the molecule is Cc1cccc(C)c1OCC(=O)Nc1ccccc1N1CCOCC1. The standard InChI is InChI=1S/C20H24N2O3/c1-15-6-5-7-16(2)20(15)25-14-19(23)21-17-8-3-4-9-18(17)22-10-12-24-13-11-22/h3-9H,10-14H2,1-2H3,(H,21,23). The number of anilines is 2. The second kappa shape index (κ2) is 8.03. The Labute approximate surface area is 148 Å². The highest BCUT2D eigenvalue weighted by Crippen LogP contribution is 2.26. The molecule has 1 aliphatic heterocycles. The van der Waals surface area contributed by atoms with Gasteiger partial charge in [0.05, 0.1) is 24.6 Å². The van der Waals surface area contributed by atoms with E-state index in [4.69, 9.17) is 9.47 Å². The molecule has 1 aliphatic rings. The van der Waals surface area contributed by atoms with Gasteiger partial charge >= 0.3 is 0 Å². The quantitative estimate of drug-likeness (QED) is 0.908. The summed E-state index contributed by atoms with van der Waals surface area (Å²) < 4.78 is 11.1. The van der Waals surface area contributed by atoms with Gasteiger partial charge in [-0.1, -0.05) is 30.3 Å². The molecule has 1 N–H and O–H groups in total. The largest absolute Gasteiger partial charge is 0.483 e. The molecule has 0 unspecified atom stereocenters. The maximum absolute atomic E-state index is 12.4. The first-order valence-corrected chi connectivity index (χ1v) is 8.56. The van der Waals surface area contributed by atoms with Crippen LogP contribution in [0.4, 0.5) is 11.4 Å². The summed E-state index contributed by atoms with van der Waals surface area (Å²) in [5.41, 5.74) is 3.88. The van der Waals surface area contributed by atoms with Crippen LogP contribution in [-0.2, 0) is 9.53 Å². The van der Waals surface area contributed by atoms with Crippen LogP contribution in [0.15, 0.2) is 42.5 Å². The fourth-order valence-electron chi connectivity index (χ4n) is 3.01. The van der Waals surface area contributed by atoms with Crippen LogP contribution in [0.3, 0.4) is 0 Å². The first-order chi connectivity index (χ1) is 12.1. The van der Waals surface area contributed by atoms with Crippen molar-refractivity contribution in [2.75, 3.05) is 43.1 Å². The van der Waals surface area contributed by atoms with Crippen molar-refractivity contribution in [3.63, 3.8) is 0 Å². The van der Waals surface area contributed by atoms with Gasteiger partial charge in [-0.25, -0.2) is 0 Å². The lowest BCUT2D eigenvalue weighted by atomic mass is 10.1. The Hall–Kier alpha value is -2.53. The first-order valence-electron chi connectivity index (χ1n) is 8.56. The van der Waals surface area contributed by atoms with Crippen molar-refractivity contribution < 1.29 is 14.3 Å².